The van der Waals surface area contributed by atoms with Gasteiger partial charge in [-0.2, -0.15) is 0 Å². The Morgan fingerprint density at radius 3 is 2.44 bits per heavy atom. The predicted molar refractivity (Wildman–Crippen MR) is 67.4 cm³/mol. The summed E-state index contributed by atoms with van der Waals surface area (Å²) >= 11 is 0. The molecule has 0 spiro atoms. The van der Waals surface area contributed by atoms with Crippen LogP contribution in [0.25, 0.3) is 11.4 Å². The summed E-state index contributed by atoms with van der Waals surface area (Å²) in [6.45, 7) is 0. The van der Waals surface area contributed by atoms with Crippen molar-refractivity contribution in [2.75, 3.05) is 19.6 Å². The van der Waals surface area contributed by atoms with Gasteiger partial charge in [0.2, 0.25) is 5.95 Å². The van der Waals surface area contributed by atoms with E-state index in [2.05, 4.69) is 15.6 Å². The fraction of sp³-hybridized carbons (Fsp3) is 0.273. The number of methoxy groups -OCH3 is 2. The van der Waals surface area contributed by atoms with Crippen LogP contribution in [0.1, 0.15) is 0 Å². The zero-order chi connectivity index (χ0) is 13.1. The molecule has 1 aromatic heterocycles. The molecular formula is C11H15N5O2. The molecule has 3 N–H and O–H groups in total. The van der Waals surface area contributed by atoms with Crippen LogP contribution in [-0.4, -0.2) is 29.0 Å². The van der Waals surface area contributed by atoms with Crippen LogP contribution in [0.2, 0.25) is 0 Å². The highest BCUT2D eigenvalue weighted by molar-refractivity contribution is 5.62. The summed E-state index contributed by atoms with van der Waals surface area (Å²) in [5.74, 6) is 7.80. The van der Waals surface area contributed by atoms with Crippen molar-refractivity contribution in [2.45, 2.75) is 0 Å². The normalized spacial score (nSPS) is 10.2. The highest BCUT2D eigenvalue weighted by Crippen LogP contribution is 2.31. The van der Waals surface area contributed by atoms with Crippen LogP contribution >= 0.6 is 0 Å². The molecular weight excluding hydrogens is 234 g/mol. The Kier molecular flexibility index (Phi) is 3.33. The molecule has 0 radical (unpaired) electrons. The first-order valence-electron chi connectivity index (χ1n) is 5.29. The number of ether oxygens (including phenoxy) is 2. The Morgan fingerprint density at radius 2 is 1.89 bits per heavy atom. The van der Waals surface area contributed by atoms with E-state index in [1.54, 1.807) is 18.8 Å². The maximum atomic E-state index is 5.33. The lowest BCUT2D eigenvalue weighted by molar-refractivity contribution is 0.355. The SMILES string of the molecule is COc1ccc(-c2nnc(NN)n2C)cc1OC. The molecule has 0 fully saturated rings. The lowest BCUT2D eigenvalue weighted by atomic mass is 10.2. The summed E-state index contributed by atoms with van der Waals surface area (Å²) in [4.78, 5) is 0. The lowest BCUT2D eigenvalue weighted by Gasteiger charge is -2.09. The van der Waals surface area contributed by atoms with Gasteiger partial charge in [0.05, 0.1) is 14.2 Å². The summed E-state index contributed by atoms with van der Waals surface area (Å²) < 4.78 is 12.2. The third-order valence-electron chi connectivity index (χ3n) is 2.65. The number of anilines is 1. The molecule has 0 unspecified atom stereocenters. The van der Waals surface area contributed by atoms with E-state index >= 15 is 0 Å². The fourth-order valence-corrected chi connectivity index (χ4v) is 1.68. The molecule has 0 saturated carbocycles. The van der Waals surface area contributed by atoms with Gasteiger partial charge in [-0.3, -0.25) is 9.99 Å². The molecule has 0 aliphatic carbocycles. The highest BCUT2D eigenvalue weighted by atomic mass is 16.5. The second-order valence-corrected chi connectivity index (χ2v) is 3.62. The second-order valence-electron chi connectivity index (χ2n) is 3.62. The van der Waals surface area contributed by atoms with Gasteiger partial charge in [-0.1, -0.05) is 0 Å². The zero-order valence-corrected chi connectivity index (χ0v) is 10.5. The molecule has 0 bridgehead atoms. The van der Waals surface area contributed by atoms with Crippen molar-refractivity contribution in [3.05, 3.63) is 18.2 Å². The van der Waals surface area contributed by atoms with E-state index in [0.29, 0.717) is 23.3 Å². The Balaban J connectivity index is 2.47. The van der Waals surface area contributed by atoms with E-state index in [0.717, 1.165) is 5.56 Å². The summed E-state index contributed by atoms with van der Waals surface area (Å²) in [5, 5.41) is 7.98. The van der Waals surface area contributed by atoms with E-state index in [4.69, 9.17) is 15.3 Å². The summed E-state index contributed by atoms with van der Waals surface area (Å²) in [6.07, 6.45) is 0. The molecule has 0 atom stereocenters. The van der Waals surface area contributed by atoms with Gasteiger partial charge in [-0.05, 0) is 18.2 Å². The van der Waals surface area contributed by atoms with Crippen LogP contribution in [0, 0.1) is 0 Å². The van der Waals surface area contributed by atoms with Crippen molar-refractivity contribution in [1.29, 1.82) is 0 Å². The maximum Gasteiger partial charge on any atom is 0.238 e. The minimum absolute atomic E-state index is 0.486. The number of hydrazine groups is 1. The van der Waals surface area contributed by atoms with Gasteiger partial charge in [-0.25, -0.2) is 5.84 Å². The summed E-state index contributed by atoms with van der Waals surface area (Å²) in [7, 11) is 5.00. The van der Waals surface area contributed by atoms with Crippen molar-refractivity contribution >= 4 is 5.95 Å². The van der Waals surface area contributed by atoms with Crippen molar-refractivity contribution < 1.29 is 9.47 Å². The molecule has 96 valence electrons. The number of benzene rings is 1. The Morgan fingerprint density at radius 1 is 1.17 bits per heavy atom. The highest BCUT2D eigenvalue weighted by Gasteiger charge is 2.12. The van der Waals surface area contributed by atoms with Gasteiger partial charge < -0.3 is 9.47 Å². The van der Waals surface area contributed by atoms with E-state index in [-0.39, 0.29) is 0 Å². The Hall–Kier alpha value is -2.28. The number of nitrogen functional groups attached to an aromatic ring is 1. The predicted octanol–water partition coefficient (Wildman–Crippen LogP) is 0.785. The molecule has 0 aliphatic rings. The molecule has 7 nitrogen and oxygen atoms in total. The molecule has 7 heteroatoms. The third kappa shape index (κ3) is 1.95. The van der Waals surface area contributed by atoms with Crippen molar-refractivity contribution in [1.82, 2.24) is 14.8 Å². The topological polar surface area (TPSA) is 87.2 Å². The van der Waals surface area contributed by atoms with Gasteiger partial charge in [0, 0.05) is 12.6 Å². The van der Waals surface area contributed by atoms with Crippen LogP contribution in [0.3, 0.4) is 0 Å². The Labute approximate surface area is 104 Å². The van der Waals surface area contributed by atoms with Gasteiger partial charge >= 0.3 is 0 Å². The average Bonchev–Trinajstić information content (AvgIpc) is 2.79. The third-order valence-corrected chi connectivity index (χ3v) is 2.65. The van der Waals surface area contributed by atoms with Crippen LogP contribution in [0.4, 0.5) is 5.95 Å². The van der Waals surface area contributed by atoms with Crippen LogP contribution < -0.4 is 20.7 Å². The first-order chi connectivity index (χ1) is 8.71. The minimum atomic E-state index is 0.486. The summed E-state index contributed by atoms with van der Waals surface area (Å²) in [5.41, 5.74) is 3.33. The van der Waals surface area contributed by atoms with Crippen molar-refractivity contribution in [2.24, 2.45) is 12.9 Å². The minimum Gasteiger partial charge on any atom is -0.493 e. The smallest absolute Gasteiger partial charge is 0.238 e. The van der Waals surface area contributed by atoms with E-state index in [9.17, 15) is 0 Å². The van der Waals surface area contributed by atoms with Gasteiger partial charge in [0.1, 0.15) is 0 Å². The van der Waals surface area contributed by atoms with Crippen LogP contribution in [-0.2, 0) is 7.05 Å². The maximum absolute atomic E-state index is 5.33. The number of rotatable bonds is 4. The number of hydrogen-bond donors (Lipinski definition) is 2. The number of nitrogens with two attached hydrogens (primary N) is 1. The molecule has 2 rings (SSSR count). The molecule has 0 saturated heterocycles. The molecule has 0 amide bonds. The lowest BCUT2D eigenvalue weighted by Crippen LogP contribution is -2.11. The number of aromatic nitrogens is 3. The quantitative estimate of drug-likeness (QED) is 0.615. The molecule has 0 aliphatic heterocycles. The Bertz CT molecular complexity index is 552. The van der Waals surface area contributed by atoms with Crippen molar-refractivity contribution in [3.63, 3.8) is 0 Å². The van der Waals surface area contributed by atoms with Gasteiger partial charge in [0.15, 0.2) is 17.3 Å². The van der Waals surface area contributed by atoms with E-state index in [1.807, 2.05) is 25.2 Å². The molecule has 1 heterocycles. The van der Waals surface area contributed by atoms with Crippen molar-refractivity contribution in [3.8, 4) is 22.9 Å². The zero-order valence-electron chi connectivity index (χ0n) is 10.5. The van der Waals surface area contributed by atoms with Crippen LogP contribution in [0.15, 0.2) is 18.2 Å². The second kappa shape index (κ2) is 4.92. The van der Waals surface area contributed by atoms with E-state index in [1.165, 1.54) is 0 Å². The molecule has 18 heavy (non-hydrogen) atoms. The first kappa shape index (κ1) is 12.2. The summed E-state index contributed by atoms with van der Waals surface area (Å²) in [6, 6.07) is 5.53. The average molecular weight is 249 g/mol. The molecule has 1 aromatic carbocycles. The standard InChI is InChI=1S/C11H15N5O2/c1-16-10(14-15-11(16)13-12)7-4-5-8(17-2)9(6-7)18-3/h4-6H,12H2,1-3H3,(H,13,15). The fourth-order valence-electron chi connectivity index (χ4n) is 1.68. The number of nitrogens with zero attached hydrogens (tertiary/aromatic N) is 3. The van der Waals surface area contributed by atoms with Crippen LogP contribution in [0.5, 0.6) is 11.5 Å². The number of nitrogens with one attached hydrogen (secondary N) is 1. The largest absolute Gasteiger partial charge is 0.493 e. The number of hydrogen-bond acceptors (Lipinski definition) is 6. The van der Waals surface area contributed by atoms with E-state index < -0.39 is 0 Å². The monoisotopic (exact) mass is 249 g/mol. The molecule has 2 aromatic rings. The van der Waals surface area contributed by atoms with Gasteiger partial charge in [0.25, 0.3) is 0 Å². The van der Waals surface area contributed by atoms with Gasteiger partial charge in [-0.15, -0.1) is 10.2 Å². The first-order valence-corrected chi connectivity index (χ1v) is 5.29.